The molecule has 0 aromatic carbocycles. The molecule has 1 amide bonds. The summed E-state index contributed by atoms with van der Waals surface area (Å²) in [4.78, 5) is 24.5. The molecule has 0 radical (unpaired) electrons. The van der Waals surface area contributed by atoms with Crippen molar-refractivity contribution >= 4 is 11.9 Å². The van der Waals surface area contributed by atoms with Crippen molar-refractivity contribution in [2.24, 2.45) is 0 Å². The van der Waals surface area contributed by atoms with Gasteiger partial charge in [-0.05, 0) is 18.4 Å². The molecule has 0 aliphatic carbocycles. The number of hydrogen-bond acceptors (Lipinski definition) is 4. The van der Waals surface area contributed by atoms with Gasteiger partial charge in [0, 0.05) is 38.5 Å². The van der Waals surface area contributed by atoms with Crippen LogP contribution >= 0.6 is 0 Å². The smallest absolute Gasteiger partial charge is 0.335 e. The lowest BCUT2D eigenvalue weighted by molar-refractivity contribution is -0.165. The Kier molecular flexibility index (Phi) is 4.39. The Morgan fingerprint density at radius 2 is 2.10 bits per heavy atom. The van der Waals surface area contributed by atoms with Gasteiger partial charge in [0.2, 0.25) is 5.91 Å². The Labute approximate surface area is 116 Å². The van der Waals surface area contributed by atoms with Crippen LogP contribution in [0.15, 0.2) is 12.4 Å². The molecule has 3 N–H and O–H groups in total. The van der Waals surface area contributed by atoms with Crippen molar-refractivity contribution in [3.63, 3.8) is 0 Å². The molecule has 1 saturated heterocycles. The van der Waals surface area contributed by atoms with Crippen molar-refractivity contribution in [2.75, 3.05) is 13.1 Å². The number of amides is 1. The Balaban J connectivity index is 1.73. The number of nitrogens with one attached hydrogen (secondary N) is 1. The summed E-state index contributed by atoms with van der Waals surface area (Å²) >= 11 is 0. The number of hydrogen-bond donors (Lipinski definition) is 3. The van der Waals surface area contributed by atoms with E-state index in [4.69, 9.17) is 5.11 Å². The molecule has 1 aromatic heterocycles. The molecule has 20 heavy (non-hydrogen) atoms. The van der Waals surface area contributed by atoms with Gasteiger partial charge in [0.15, 0.2) is 5.60 Å². The third-order valence-corrected chi connectivity index (χ3v) is 3.75. The highest BCUT2D eigenvalue weighted by atomic mass is 16.4. The summed E-state index contributed by atoms with van der Waals surface area (Å²) in [6.45, 7) is 0.598. The number of nitrogens with zero attached hydrogens (tertiary/aromatic N) is 2. The number of carbonyl (C=O) groups is 2. The zero-order valence-electron chi connectivity index (χ0n) is 11.2. The molecule has 7 nitrogen and oxygen atoms in total. The van der Waals surface area contributed by atoms with Crippen molar-refractivity contribution in [1.29, 1.82) is 0 Å². The van der Waals surface area contributed by atoms with Crippen molar-refractivity contribution < 1.29 is 19.8 Å². The second-order valence-electron chi connectivity index (χ2n) is 5.18. The molecule has 0 unspecified atom stereocenters. The first kappa shape index (κ1) is 14.5. The van der Waals surface area contributed by atoms with Gasteiger partial charge >= 0.3 is 5.97 Å². The fraction of sp³-hybridized carbons (Fsp3) is 0.615. The van der Waals surface area contributed by atoms with Crippen LogP contribution in [0.5, 0.6) is 0 Å². The third-order valence-electron chi connectivity index (χ3n) is 3.75. The summed E-state index contributed by atoms with van der Waals surface area (Å²) in [5.74, 6) is -1.19. The van der Waals surface area contributed by atoms with E-state index in [2.05, 4.69) is 10.2 Å². The van der Waals surface area contributed by atoms with E-state index < -0.39 is 11.6 Å². The molecule has 1 aliphatic rings. The Bertz CT molecular complexity index is 464. The second-order valence-corrected chi connectivity index (χ2v) is 5.18. The van der Waals surface area contributed by atoms with E-state index in [9.17, 15) is 14.7 Å². The van der Waals surface area contributed by atoms with Crippen LogP contribution in [0, 0.1) is 0 Å². The summed E-state index contributed by atoms with van der Waals surface area (Å²) in [7, 11) is 0. The zero-order chi connectivity index (χ0) is 14.6. The van der Waals surface area contributed by atoms with Crippen LogP contribution in [0.2, 0.25) is 0 Å². The summed E-state index contributed by atoms with van der Waals surface area (Å²) < 4.78 is 0. The van der Waals surface area contributed by atoms with Gasteiger partial charge in [0.05, 0.1) is 6.20 Å². The monoisotopic (exact) mass is 281 g/mol. The molecule has 1 aromatic rings. The van der Waals surface area contributed by atoms with Crippen LogP contribution in [0.4, 0.5) is 0 Å². The molecule has 2 rings (SSSR count). The summed E-state index contributed by atoms with van der Waals surface area (Å²) in [5.41, 5.74) is -0.607. The molecule has 0 spiro atoms. The van der Waals surface area contributed by atoms with Gasteiger partial charge in [-0.3, -0.25) is 9.89 Å². The second kappa shape index (κ2) is 6.04. The molecule has 7 heteroatoms. The number of rotatable bonds is 5. The highest BCUT2D eigenvalue weighted by molar-refractivity contribution is 5.79. The van der Waals surface area contributed by atoms with Gasteiger partial charge in [-0.15, -0.1) is 0 Å². The van der Waals surface area contributed by atoms with E-state index in [0.29, 0.717) is 19.5 Å². The van der Waals surface area contributed by atoms with Gasteiger partial charge in [-0.25, -0.2) is 4.79 Å². The van der Waals surface area contributed by atoms with Gasteiger partial charge in [-0.2, -0.15) is 5.10 Å². The van der Waals surface area contributed by atoms with Gasteiger partial charge in [0.25, 0.3) is 0 Å². The maximum Gasteiger partial charge on any atom is 0.335 e. The SMILES string of the molecule is O=C(CCCc1cn[nH]c1)N1CCC(O)(C(=O)O)CC1. The minimum absolute atomic E-state index is 0.0148. The number of aliphatic hydroxyl groups is 1. The van der Waals surface area contributed by atoms with Gasteiger partial charge in [-0.1, -0.05) is 0 Å². The number of carboxylic acids is 1. The Morgan fingerprint density at radius 1 is 1.40 bits per heavy atom. The van der Waals surface area contributed by atoms with Crippen LogP contribution in [0.1, 0.15) is 31.2 Å². The largest absolute Gasteiger partial charge is 0.479 e. The van der Waals surface area contributed by atoms with Gasteiger partial charge < -0.3 is 15.1 Å². The molecular formula is C13H19N3O4. The van der Waals surface area contributed by atoms with Crippen molar-refractivity contribution in [2.45, 2.75) is 37.7 Å². The van der Waals surface area contributed by atoms with E-state index in [1.807, 2.05) is 0 Å². The van der Waals surface area contributed by atoms with Crippen LogP contribution in [-0.4, -0.2) is 55.9 Å². The van der Waals surface area contributed by atoms with E-state index in [1.54, 1.807) is 17.3 Å². The number of aryl methyl sites for hydroxylation is 1. The maximum absolute atomic E-state index is 12.0. The first-order valence-corrected chi connectivity index (χ1v) is 6.72. The molecule has 110 valence electrons. The predicted octanol–water partition coefficient (Wildman–Crippen LogP) is 0.170. The molecule has 0 bridgehead atoms. The van der Waals surface area contributed by atoms with Crippen LogP contribution in [0.25, 0.3) is 0 Å². The van der Waals surface area contributed by atoms with Crippen LogP contribution < -0.4 is 0 Å². The third kappa shape index (κ3) is 3.36. The lowest BCUT2D eigenvalue weighted by Crippen LogP contribution is -2.50. The van der Waals surface area contributed by atoms with E-state index in [0.717, 1.165) is 18.4 Å². The average Bonchev–Trinajstić information content (AvgIpc) is 2.92. The summed E-state index contributed by atoms with van der Waals surface area (Å²) in [5, 5.41) is 25.3. The quantitative estimate of drug-likeness (QED) is 0.713. The maximum atomic E-state index is 12.0. The minimum Gasteiger partial charge on any atom is -0.479 e. The van der Waals surface area contributed by atoms with Crippen molar-refractivity contribution in [3.8, 4) is 0 Å². The number of carbonyl (C=O) groups excluding carboxylic acids is 1. The fourth-order valence-corrected chi connectivity index (χ4v) is 2.36. The molecular weight excluding hydrogens is 262 g/mol. The molecule has 1 fully saturated rings. The van der Waals surface area contributed by atoms with E-state index in [-0.39, 0.29) is 18.7 Å². The van der Waals surface area contributed by atoms with Crippen LogP contribution in [-0.2, 0) is 16.0 Å². The Morgan fingerprint density at radius 3 is 2.65 bits per heavy atom. The topological polar surface area (TPSA) is 107 Å². The normalized spacial score (nSPS) is 17.9. The number of carboxylic acid groups (broad SMARTS) is 1. The number of piperidine rings is 1. The molecule has 2 heterocycles. The summed E-state index contributed by atoms with van der Waals surface area (Å²) in [6, 6.07) is 0. The molecule has 0 saturated carbocycles. The number of aromatic amines is 1. The Hall–Kier alpha value is -1.89. The number of likely N-dealkylation sites (tertiary alicyclic amines) is 1. The minimum atomic E-state index is -1.67. The zero-order valence-corrected chi connectivity index (χ0v) is 11.2. The predicted molar refractivity (Wildman–Crippen MR) is 69.9 cm³/mol. The number of H-pyrrole nitrogens is 1. The van der Waals surface area contributed by atoms with E-state index >= 15 is 0 Å². The fourth-order valence-electron chi connectivity index (χ4n) is 2.36. The number of aliphatic carboxylic acids is 1. The standard InChI is InChI=1S/C13H19N3O4/c17-11(3-1-2-10-8-14-15-9-10)16-6-4-13(20,5-7-16)12(18)19/h8-9,20H,1-7H2,(H,14,15)(H,18,19). The van der Waals surface area contributed by atoms with Gasteiger partial charge in [0.1, 0.15) is 0 Å². The van der Waals surface area contributed by atoms with Crippen LogP contribution in [0.3, 0.4) is 0 Å². The van der Waals surface area contributed by atoms with Crippen molar-refractivity contribution in [3.05, 3.63) is 18.0 Å². The average molecular weight is 281 g/mol. The lowest BCUT2D eigenvalue weighted by Gasteiger charge is -2.35. The highest BCUT2D eigenvalue weighted by Crippen LogP contribution is 2.23. The highest BCUT2D eigenvalue weighted by Gasteiger charge is 2.40. The number of aromatic nitrogens is 2. The lowest BCUT2D eigenvalue weighted by atomic mass is 9.91. The summed E-state index contributed by atoms with van der Waals surface area (Å²) in [6.07, 6.45) is 5.67. The molecule has 1 aliphatic heterocycles. The van der Waals surface area contributed by atoms with Crippen molar-refractivity contribution in [1.82, 2.24) is 15.1 Å². The molecule has 0 atom stereocenters. The first-order valence-electron chi connectivity index (χ1n) is 6.72. The first-order chi connectivity index (χ1) is 9.51. The van der Waals surface area contributed by atoms with E-state index in [1.165, 1.54) is 0 Å².